The smallest absolute Gasteiger partial charge is 0.334 e. The Kier molecular flexibility index (Phi) is 9.46. The number of rotatable bonds is 9. The lowest BCUT2D eigenvalue weighted by Gasteiger charge is -2.11. The summed E-state index contributed by atoms with van der Waals surface area (Å²) in [7, 11) is 1.61. The summed E-state index contributed by atoms with van der Waals surface area (Å²) in [5, 5.41) is 0. The number of methoxy groups -OCH3 is 1. The van der Waals surface area contributed by atoms with E-state index in [1.165, 1.54) is 0 Å². The molecule has 0 N–H and O–H groups in total. The van der Waals surface area contributed by atoms with Crippen LogP contribution in [-0.4, -0.2) is 52.2 Å². The first-order valence-electron chi connectivity index (χ1n) is 5.07. The van der Waals surface area contributed by atoms with Gasteiger partial charge in [-0.2, -0.15) is 0 Å². The summed E-state index contributed by atoms with van der Waals surface area (Å²) in [6.07, 6.45) is -0.532. The van der Waals surface area contributed by atoms with Gasteiger partial charge in [-0.1, -0.05) is 0 Å². The van der Waals surface area contributed by atoms with Crippen molar-refractivity contribution in [3.05, 3.63) is 0 Å². The first-order valence-corrected chi connectivity index (χ1v) is 5.07. The zero-order valence-corrected chi connectivity index (χ0v) is 9.65. The molecule has 0 saturated carbocycles. The topological polar surface area (TPSA) is 54.0 Å². The molecule has 0 aliphatic heterocycles. The average Bonchev–Trinajstić information content (AvgIpc) is 2.23. The molecule has 5 nitrogen and oxygen atoms in total. The number of hydrogen-bond donors (Lipinski definition) is 0. The second-order valence-corrected chi connectivity index (χ2v) is 2.87. The van der Waals surface area contributed by atoms with E-state index in [0.717, 1.165) is 0 Å². The predicted molar refractivity (Wildman–Crippen MR) is 54.7 cm³/mol. The maximum absolute atomic E-state index is 11.1. The van der Waals surface area contributed by atoms with Gasteiger partial charge >= 0.3 is 5.97 Å². The Labute approximate surface area is 90.6 Å². The molecular weight excluding hydrogens is 200 g/mol. The molecule has 0 aromatic rings. The van der Waals surface area contributed by atoms with Crippen molar-refractivity contribution in [1.29, 1.82) is 0 Å². The molecule has 0 rings (SSSR count). The van der Waals surface area contributed by atoms with Crippen LogP contribution >= 0.6 is 0 Å². The fourth-order valence-electron chi connectivity index (χ4n) is 0.856. The van der Waals surface area contributed by atoms with Crippen LogP contribution in [0, 0.1) is 0 Å². The van der Waals surface area contributed by atoms with E-state index in [2.05, 4.69) is 0 Å². The fraction of sp³-hybridized carbons (Fsp3) is 0.900. The van der Waals surface area contributed by atoms with Crippen LogP contribution in [0.2, 0.25) is 0 Å². The van der Waals surface area contributed by atoms with Gasteiger partial charge in [0.2, 0.25) is 0 Å². The van der Waals surface area contributed by atoms with Crippen molar-refractivity contribution >= 4 is 5.97 Å². The third kappa shape index (κ3) is 8.35. The molecule has 0 aromatic heterocycles. The van der Waals surface area contributed by atoms with Gasteiger partial charge in [0.1, 0.15) is 0 Å². The van der Waals surface area contributed by atoms with Gasteiger partial charge in [-0.05, 0) is 13.8 Å². The Morgan fingerprint density at radius 2 is 1.87 bits per heavy atom. The van der Waals surface area contributed by atoms with E-state index in [4.69, 9.17) is 18.9 Å². The Morgan fingerprint density at radius 3 is 2.47 bits per heavy atom. The van der Waals surface area contributed by atoms with Crippen LogP contribution in [0.25, 0.3) is 0 Å². The Bertz CT molecular complexity index is 160. The quantitative estimate of drug-likeness (QED) is 0.421. The molecular formula is C10H20O5. The summed E-state index contributed by atoms with van der Waals surface area (Å²) in [5.74, 6) is -0.339. The molecule has 0 heterocycles. The fourth-order valence-corrected chi connectivity index (χ4v) is 0.856. The highest BCUT2D eigenvalue weighted by atomic mass is 16.6. The highest BCUT2D eigenvalue weighted by Gasteiger charge is 2.13. The zero-order chi connectivity index (χ0) is 11.5. The van der Waals surface area contributed by atoms with E-state index in [1.807, 2.05) is 0 Å². The van der Waals surface area contributed by atoms with Crippen molar-refractivity contribution in [2.75, 3.05) is 40.1 Å². The Hall–Kier alpha value is -0.650. The number of ether oxygens (including phenoxy) is 4. The maximum Gasteiger partial charge on any atom is 0.334 e. The van der Waals surface area contributed by atoms with Crippen LogP contribution in [0.3, 0.4) is 0 Å². The van der Waals surface area contributed by atoms with E-state index in [9.17, 15) is 4.79 Å². The minimum Gasteiger partial charge on any atom is -0.464 e. The number of esters is 1. The van der Waals surface area contributed by atoms with Crippen molar-refractivity contribution < 1.29 is 23.7 Å². The van der Waals surface area contributed by atoms with Crippen molar-refractivity contribution in [2.45, 2.75) is 20.0 Å². The van der Waals surface area contributed by atoms with Crippen LogP contribution < -0.4 is 0 Å². The number of carbonyl (C=O) groups excluding carboxylic acids is 1. The third-order valence-electron chi connectivity index (χ3n) is 1.65. The molecule has 0 aliphatic rings. The lowest BCUT2D eigenvalue weighted by molar-refractivity contribution is -0.156. The van der Waals surface area contributed by atoms with Gasteiger partial charge < -0.3 is 18.9 Å². The van der Waals surface area contributed by atoms with E-state index in [-0.39, 0.29) is 5.97 Å². The van der Waals surface area contributed by atoms with Gasteiger partial charge in [-0.3, -0.25) is 0 Å². The number of carbonyl (C=O) groups is 1. The molecule has 1 unspecified atom stereocenters. The molecule has 15 heavy (non-hydrogen) atoms. The van der Waals surface area contributed by atoms with Crippen LogP contribution in [-0.2, 0) is 23.7 Å². The first-order chi connectivity index (χ1) is 7.22. The summed E-state index contributed by atoms with van der Waals surface area (Å²) in [4.78, 5) is 11.1. The average molecular weight is 220 g/mol. The van der Waals surface area contributed by atoms with Gasteiger partial charge in [0.05, 0.1) is 33.0 Å². The standard InChI is InChI=1S/C10H20O5/c1-4-14-10(11)9(2)15-8-7-13-6-5-12-3/h9H,4-8H2,1-3H3. The third-order valence-corrected chi connectivity index (χ3v) is 1.65. The molecule has 0 aliphatic carbocycles. The summed E-state index contributed by atoms with van der Waals surface area (Å²) in [6, 6.07) is 0. The molecule has 0 fully saturated rings. The molecule has 0 aromatic carbocycles. The Balaban J connectivity index is 3.30. The molecule has 1 atom stereocenters. The molecule has 0 amide bonds. The van der Waals surface area contributed by atoms with Crippen molar-refractivity contribution in [3.63, 3.8) is 0 Å². The SMILES string of the molecule is CCOC(=O)C(C)OCCOCCOC. The highest BCUT2D eigenvalue weighted by Crippen LogP contribution is 1.94. The predicted octanol–water partition coefficient (Wildman–Crippen LogP) is 0.618. The van der Waals surface area contributed by atoms with Gasteiger partial charge in [-0.15, -0.1) is 0 Å². The summed E-state index contributed by atoms with van der Waals surface area (Å²) >= 11 is 0. The lowest BCUT2D eigenvalue weighted by atomic mass is 10.4. The van der Waals surface area contributed by atoms with E-state index >= 15 is 0 Å². The molecule has 90 valence electrons. The normalized spacial score (nSPS) is 12.5. The number of hydrogen-bond acceptors (Lipinski definition) is 5. The van der Waals surface area contributed by atoms with Crippen molar-refractivity contribution in [3.8, 4) is 0 Å². The summed E-state index contributed by atoms with van der Waals surface area (Å²) < 4.78 is 19.9. The second-order valence-electron chi connectivity index (χ2n) is 2.87. The monoisotopic (exact) mass is 220 g/mol. The molecule has 0 bridgehead atoms. The molecule has 0 spiro atoms. The van der Waals surface area contributed by atoms with Gasteiger partial charge in [-0.25, -0.2) is 4.79 Å². The Morgan fingerprint density at radius 1 is 1.20 bits per heavy atom. The van der Waals surface area contributed by atoms with Crippen molar-refractivity contribution in [1.82, 2.24) is 0 Å². The van der Waals surface area contributed by atoms with Gasteiger partial charge in [0.25, 0.3) is 0 Å². The van der Waals surface area contributed by atoms with Crippen LogP contribution in [0.5, 0.6) is 0 Å². The van der Waals surface area contributed by atoms with Crippen LogP contribution in [0.4, 0.5) is 0 Å². The van der Waals surface area contributed by atoms with Gasteiger partial charge in [0.15, 0.2) is 6.10 Å². The largest absolute Gasteiger partial charge is 0.464 e. The minimum atomic E-state index is -0.532. The zero-order valence-electron chi connectivity index (χ0n) is 9.65. The molecule has 5 heteroatoms. The first kappa shape index (κ1) is 14.3. The second kappa shape index (κ2) is 9.89. The van der Waals surface area contributed by atoms with Crippen molar-refractivity contribution in [2.24, 2.45) is 0 Å². The summed E-state index contributed by atoms with van der Waals surface area (Å²) in [6.45, 7) is 5.72. The van der Waals surface area contributed by atoms with E-state index in [0.29, 0.717) is 33.0 Å². The van der Waals surface area contributed by atoms with E-state index < -0.39 is 6.10 Å². The van der Waals surface area contributed by atoms with Crippen LogP contribution in [0.15, 0.2) is 0 Å². The van der Waals surface area contributed by atoms with E-state index in [1.54, 1.807) is 21.0 Å². The van der Waals surface area contributed by atoms with Gasteiger partial charge in [0, 0.05) is 7.11 Å². The van der Waals surface area contributed by atoms with Crippen LogP contribution in [0.1, 0.15) is 13.8 Å². The molecule has 0 saturated heterocycles. The lowest BCUT2D eigenvalue weighted by Crippen LogP contribution is -2.25. The maximum atomic E-state index is 11.1. The highest BCUT2D eigenvalue weighted by molar-refractivity contribution is 5.74. The minimum absolute atomic E-state index is 0.339. The summed E-state index contributed by atoms with van der Waals surface area (Å²) in [5.41, 5.74) is 0. The molecule has 0 radical (unpaired) electrons.